The first-order valence-corrected chi connectivity index (χ1v) is 7.03. The van der Waals surface area contributed by atoms with Crippen LogP contribution in [-0.4, -0.2) is 44.6 Å². The van der Waals surface area contributed by atoms with Gasteiger partial charge >= 0.3 is 0 Å². The van der Waals surface area contributed by atoms with Crippen molar-refractivity contribution in [3.05, 3.63) is 23.8 Å². The maximum Gasteiger partial charge on any atom is 0.161 e. The standard InChI is InChI=1S/C15H26N2O3/c1-12(2)20-14-5-4-13(10-15(14)19-3)11-17-7-6-16-8-9-18/h4-5,10,12,16-18H,6-9,11H2,1-3H3. The van der Waals surface area contributed by atoms with Crippen LogP contribution >= 0.6 is 0 Å². The number of hydrogen-bond acceptors (Lipinski definition) is 5. The van der Waals surface area contributed by atoms with Crippen molar-refractivity contribution in [2.45, 2.75) is 26.5 Å². The molecule has 0 fully saturated rings. The smallest absolute Gasteiger partial charge is 0.161 e. The number of aliphatic hydroxyl groups is 1. The van der Waals surface area contributed by atoms with E-state index in [9.17, 15) is 0 Å². The van der Waals surface area contributed by atoms with Gasteiger partial charge in [-0.25, -0.2) is 0 Å². The topological polar surface area (TPSA) is 62.8 Å². The first kappa shape index (κ1) is 16.8. The Morgan fingerprint density at radius 3 is 2.50 bits per heavy atom. The molecule has 0 amide bonds. The van der Waals surface area contributed by atoms with Crippen LogP contribution in [0.1, 0.15) is 19.4 Å². The summed E-state index contributed by atoms with van der Waals surface area (Å²) in [7, 11) is 1.65. The molecular weight excluding hydrogens is 256 g/mol. The molecule has 0 aliphatic carbocycles. The molecule has 1 aromatic carbocycles. The van der Waals surface area contributed by atoms with Gasteiger partial charge in [0.1, 0.15) is 0 Å². The van der Waals surface area contributed by atoms with E-state index >= 15 is 0 Å². The number of hydrogen-bond donors (Lipinski definition) is 3. The minimum Gasteiger partial charge on any atom is -0.493 e. The van der Waals surface area contributed by atoms with E-state index in [-0.39, 0.29) is 12.7 Å². The molecule has 0 heterocycles. The van der Waals surface area contributed by atoms with Crippen molar-refractivity contribution in [2.75, 3.05) is 33.4 Å². The van der Waals surface area contributed by atoms with Gasteiger partial charge in [-0.15, -0.1) is 0 Å². The zero-order chi connectivity index (χ0) is 14.8. The SMILES string of the molecule is COc1cc(CNCCNCCO)ccc1OC(C)C. The molecule has 114 valence electrons. The number of ether oxygens (including phenoxy) is 2. The van der Waals surface area contributed by atoms with Crippen LogP contribution in [0.3, 0.4) is 0 Å². The van der Waals surface area contributed by atoms with E-state index in [1.807, 2.05) is 32.0 Å². The summed E-state index contributed by atoms with van der Waals surface area (Å²) in [5, 5.41) is 15.1. The maximum absolute atomic E-state index is 8.64. The van der Waals surface area contributed by atoms with Gasteiger partial charge in [0.05, 0.1) is 19.8 Å². The highest BCUT2D eigenvalue weighted by Crippen LogP contribution is 2.28. The second kappa shape index (κ2) is 9.58. The third-order valence-electron chi connectivity index (χ3n) is 2.69. The van der Waals surface area contributed by atoms with Crippen LogP contribution in [-0.2, 0) is 6.54 Å². The molecule has 1 rings (SSSR count). The van der Waals surface area contributed by atoms with Crippen LogP contribution in [0.5, 0.6) is 11.5 Å². The Morgan fingerprint density at radius 2 is 1.85 bits per heavy atom. The molecule has 0 saturated carbocycles. The molecule has 0 aliphatic rings. The first-order valence-electron chi connectivity index (χ1n) is 7.03. The van der Waals surface area contributed by atoms with Gasteiger partial charge in [0.2, 0.25) is 0 Å². The van der Waals surface area contributed by atoms with E-state index in [1.54, 1.807) is 7.11 Å². The second-order valence-electron chi connectivity index (χ2n) is 4.80. The molecule has 0 saturated heterocycles. The van der Waals surface area contributed by atoms with E-state index in [4.69, 9.17) is 14.6 Å². The van der Waals surface area contributed by atoms with Crippen molar-refractivity contribution < 1.29 is 14.6 Å². The van der Waals surface area contributed by atoms with Crippen molar-refractivity contribution in [3.63, 3.8) is 0 Å². The molecule has 0 unspecified atom stereocenters. The highest BCUT2D eigenvalue weighted by atomic mass is 16.5. The Balaban J connectivity index is 2.43. The van der Waals surface area contributed by atoms with E-state index < -0.39 is 0 Å². The zero-order valence-electron chi connectivity index (χ0n) is 12.6. The van der Waals surface area contributed by atoms with Gasteiger partial charge in [0.15, 0.2) is 11.5 Å². The average molecular weight is 282 g/mol. The normalized spacial score (nSPS) is 10.8. The molecule has 0 bridgehead atoms. The van der Waals surface area contributed by atoms with Gasteiger partial charge in [0.25, 0.3) is 0 Å². The molecule has 0 atom stereocenters. The Kier molecular flexibility index (Phi) is 8.02. The number of rotatable bonds is 10. The van der Waals surface area contributed by atoms with Crippen LogP contribution in [0, 0.1) is 0 Å². The molecule has 3 N–H and O–H groups in total. The number of aliphatic hydroxyl groups excluding tert-OH is 1. The Hall–Kier alpha value is -1.30. The van der Waals surface area contributed by atoms with Crippen LogP contribution in [0.25, 0.3) is 0 Å². The summed E-state index contributed by atoms with van der Waals surface area (Å²) in [4.78, 5) is 0. The number of benzene rings is 1. The van der Waals surface area contributed by atoms with Gasteiger partial charge in [-0.3, -0.25) is 0 Å². The number of nitrogens with one attached hydrogen (secondary N) is 2. The first-order chi connectivity index (χ1) is 9.67. The van der Waals surface area contributed by atoms with Crippen LogP contribution < -0.4 is 20.1 Å². The molecule has 0 aliphatic heterocycles. The quantitative estimate of drug-likeness (QED) is 0.562. The van der Waals surface area contributed by atoms with Crippen molar-refractivity contribution in [2.24, 2.45) is 0 Å². The highest BCUT2D eigenvalue weighted by Gasteiger charge is 2.07. The van der Waals surface area contributed by atoms with Gasteiger partial charge in [0, 0.05) is 26.2 Å². The molecule has 5 heteroatoms. The molecule has 1 aromatic rings. The minimum atomic E-state index is 0.130. The van der Waals surface area contributed by atoms with E-state index in [1.165, 1.54) is 0 Å². The lowest BCUT2D eigenvalue weighted by Crippen LogP contribution is -2.28. The summed E-state index contributed by atoms with van der Waals surface area (Å²) in [5.41, 5.74) is 1.15. The number of methoxy groups -OCH3 is 1. The van der Waals surface area contributed by atoms with Crippen LogP contribution in [0.15, 0.2) is 18.2 Å². The summed E-state index contributed by atoms with van der Waals surface area (Å²) >= 11 is 0. The van der Waals surface area contributed by atoms with Crippen LogP contribution in [0.2, 0.25) is 0 Å². The van der Waals surface area contributed by atoms with Crippen molar-refractivity contribution >= 4 is 0 Å². The van der Waals surface area contributed by atoms with Crippen molar-refractivity contribution in [1.82, 2.24) is 10.6 Å². The Morgan fingerprint density at radius 1 is 1.10 bits per heavy atom. The van der Waals surface area contributed by atoms with E-state index in [0.717, 1.165) is 36.7 Å². The van der Waals surface area contributed by atoms with Crippen molar-refractivity contribution in [1.29, 1.82) is 0 Å². The molecule has 0 spiro atoms. The predicted molar refractivity (Wildman–Crippen MR) is 80.4 cm³/mol. The summed E-state index contributed by atoms with van der Waals surface area (Å²) in [6.45, 7) is 7.27. The summed E-state index contributed by atoms with van der Waals surface area (Å²) in [5.74, 6) is 1.53. The van der Waals surface area contributed by atoms with Gasteiger partial charge < -0.3 is 25.2 Å². The summed E-state index contributed by atoms with van der Waals surface area (Å²) < 4.78 is 11.0. The molecule has 0 aromatic heterocycles. The highest BCUT2D eigenvalue weighted by molar-refractivity contribution is 5.43. The Labute approximate surface area is 121 Å². The van der Waals surface area contributed by atoms with E-state index in [0.29, 0.717) is 6.54 Å². The lowest BCUT2D eigenvalue weighted by Gasteiger charge is -2.14. The maximum atomic E-state index is 8.64. The fraction of sp³-hybridized carbons (Fsp3) is 0.600. The lowest BCUT2D eigenvalue weighted by molar-refractivity contribution is 0.230. The van der Waals surface area contributed by atoms with E-state index in [2.05, 4.69) is 10.6 Å². The van der Waals surface area contributed by atoms with Crippen molar-refractivity contribution in [3.8, 4) is 11.5 Å². The minimum absolute atomic E-state index is 0.130. The fourth-order valence-corrected chi connectivity index (χ4v) is 1.79. The monoisotopic (exact) mass is 282 g/mol. The van der Waals surface area contributed by atoms with Crippen LogP contribution in [0.4, 0.5) is 0 Å². The third-order valence-corrected chi connectivity index (χ3v) is 2.69. The summed E-state index contributed by atoms with van der Waals surface area (Å²) in [6.07, 6.45) is 0.130. The van der Waals surface area contributed by atoms with Gasteiger partial charge in [-0.1, -0.05) is 6.07 Å². The summed E-state index contributed by atoms with van der Waals surface area (Å²) in [6, 6.07) is 5.97. The Bertz CT molecular complexity index is 383. The average Bonchev–Trinajstić information content (AvgIpc) is 2.43. The van der Waals surface area contributed by atoms with Gasteiger partial charge in [-0.05, 0) is 31.5 Å². The van der Waals surface area contributed by atoms with Gasteiger partial charge in [-0.2, -0.15) is 0 Å². The predicted octanol–water partition coefficient (Wildman–Crippen LogP) is 1.15. The zero-order valence-corrected chi connectivity index (χ0v) is 12.6. The lowest BCUT2D eigenvalue weighted by atomic mass is 10.2. The second-order valence-corrected chi connectivity index (χ2v) is 4.80. The molecular formula is C15H26N2O3. The molecule has 5 nitrogen and oxygen atoms in total. The largest absolute Gasteiger partial charge is 0.493 e. The third kappa shape index (κ3) is 6.23. The fourth-order valence-electron chi connectivity index (χ4n) is 1.79. The molecule has 20 heavy (non-hydrogen) atoms. The molecule has 0 radical (unpaired) electrons.